The minimum Gasteiger partial charge on any atom is -0.343 e. The van der Waals surface area contributed by atoms with Crippen LogP contribution in [0.1, 0.15) is 30.6 Å². The second kappa shape index (κ2) is 3.93. The van der Waals surface area contributed by atoms with Crippen LogP contribution in [0.2, 0.25) is 0 Å². The lowest BCUT2D eigenvalue weighted by Gasteiger charge is -2.14. The van der Waals surface area contributed by atoms with Crippen LogP contribution < -0.4 is 0 Å². The van der Waals surface area contributed by atoms with E-state index in [1.54, 1.807) is 0 Å². The number of ether oxygens (including phenoxy) is 1. The Labute approximate surface area is 111 Å². The molecule has 4 rings (SSSR count). The second-order valence-corrected chi connectivity index (χ2v) is 4.87. The Bertz CT molecular complexity index is 733. The summed E-state index contributed by atoms with van der Waals surface area (Å²) in [7, 11) is 0. The molecule has 94 valence electrons. The summed E-state index contributed by atoms with van der Waals surface area (Å²) < 4.78 is 8.27. The van der Waals surface area contributed by atoms with Crippen molar-refractivity contribution in [2.75, 3.05) is 0 Å². The Balaban J connectivity index is 1.96. The third-order valence-corrected chi connectivity index (χ3v) is 3.64. The summed E-state index contributed by atoms with van der Waals surface area (Å²) in [4.78, 5) is 4.69. The number of para-hydroxylation sites is 2. The molecule has 1 aromatic heterocycles. The highest BCUT2D eigenvalue weighted by atomic mass is 16.5. The average Bonchev–Trinajstić information content (AvgIpc) is 2.98. The number of nitrogens with zero attached hydrogens (tertiary/aromatic N) is 2. The Kier molecular flexibility index (Phi) is 2.23. The van der Waals surface area contributed by atoms with Crippen LogP contribution in [0, 0.1) is 0 Å². The van der Waals surface area contributed by atoms with Crippen molar-refractivity contribution in [1.29, 1.82) is 0 Å². The van der Waals surface area contributed by atoms with Gasteiger partial charge in [-0.15, -0.1) is 0 Å². The minimum atomic E-state index is -0.0707. The van der Waals surface area contributed by atoms with E-state index in [4.69, 9.17) is 4.74 Å². The molecule has 1 aliphatic rings. The van der Waals surface area contributed by atoms with Gasteiger partial charge in [-0.2, -0.15) is 0 Å². The first-order valence-electron chi connectivity index (χ1n) is 6.52. The molecule has 0 bridgehead atoms. The number of rotatable bonds is 1. The zero-order valence-corrected chi connectivity index (χ0v) is 10.7. The van der Waals surface area contributed by atoms with Crippen LogP contribution in [0.5, 0.6) is 0 Å². The van der Waals surface area contributed by atoms with Gasteiger partial charge >= 0.3 is 0 Å². The van der Waals surface area contributed by atoms with Crippen LogP contribution in [-0.4, -0.2) is 9.55 Å². The van der Waals surface area contributed by atoms with Crippen molar-refractivity contribution in [3.05, 3.63) is 66.0 Å². The zero-order chi connectivity index (χ0) is 12.8. The molecule has 2 heterocycles. The molecule has 2 atom stereocenters. The second-order valence-electron chi connectivity index (χ2n) is 4.87. The summed E-state index contributed by atoms with van der Waals surface area (Å²) >= 11 is 0. The highest BCUT2D eigenvalue weighted by Crippen LogP contribution is 2.39. The normalized spacial score (nSPS) is 21.7. The molecule has 2 aromatic carbocycles. The van der Waals surface area contributed by atoms with Gasteiger partial charge in [-0.1, -0.05) is 42.5 Å². The Morgan fingerprint density at radius 3 is 2.58 bits per heavy atom. The Morgan fingerprint density at radius 1 is 1.00 bits per heavy atom. The summed E-state index contributed by atoms with van der Waals surface area (Å²) in [5.41, 5.74) is 3.33. The monoisotopic (exact) mass is 250 g/mol. The molecule has 2 unspecified atom stereocenters. The SMILES string of the molecule is CC1OC(c2ccccc2)n2c1nc1ccccc12. The van der Waals surface area contributed by atoms with Gasteiger partial charge in [-0.3, -0.25) is 4.57 Å². The lowest BCUT2D eigenvalue weighted by Crippen LogP contribution is -2.06. The molecule has 0 spiro atoms. The first-order valence-corrected chi connectivity index (χ1v) is 6.52. The smallest absolute Gasteiger partial charge is 0.162 e. The van der Waals surface area contributed by atoms with Gasteiger partial charge in [-0.25, -0.2) is 4.98 Å². The molecule has 1 aliphatic heterocycles. The van der Waals surface area contributed by atoms with E-state index < -0.39 is 0 Å². The van der Waals surface area contributed by atoms with Crippen molar-refractivity contribution in [3.63, 3.8) is 0 Å². The van der Waals surface area contributed by atoms with Crippen molar-refractivity contribution in [2.45, 2.75) is 19.3 Å². The molecular formula is C16H14N2O. The fourth-order valence-electron chi connectivity index (χ4n) is 2.76. The highest BCUT2D eigenvalue weighted by molar-refractivity contribution is 5.76. The minimum absolute atomic E-state index is 0.0256. The van der Waals surface area contributed by atoms with Crippen LogP contribution in [-0.2, 0) is 4.74 Å². The lowest BCUT2D eigenvalue weighted by molar-refractivity contribution is 0.0224. The van der Waals surface area contributed by atoms with Gasteiger partial charge in [0.15, 0.2) is 6.23 Å². The maximum atomic E-state index is 6.07. The number of hydrogen-bond acceptors (Lipinski definition) is 2. The van der Waals surface area contributed by atoms with Gasteiger partial charge in [0.2, 0.25) is 0 Å². The molecule has 0 fully saturated rings. The Morgan fingerprint density at radius 2 is 1.74 bits per heavy atom. The summed E-state index contributed by atoms with van der Waals surface area (Å²) in [6, 6.07) is 18.5. The highest BCUT2D eigenvalue weighted by Gasteiger charge is 2.32. The molecular weight excluding hydrogens is 236 g/mol. The number of imidazole rings is 1. The van der Waals surface area contributed by atoms with Gasteiger partial charge < -0.3 is 4.74 Å². The van der Waals surface area contributed by atoms with Crippen molar-refractivity contribution >= 4 is 11.0 Å². The van der Waals surface area contributed by atoms with Gasteiger partial charge in [0.1, 0.15) is 11.9 Å². The van der Waals surface area contributed by atoms with Crippen LogP contribution in [0.25, 0.3) is 11.0 Å². The van der Waals surface area contributed by atoms with Crippen LogP contribution in [0.3, 0.4) is 0 Å². The summed E-state index contributed by atoms with van der Waals surface area (Å²) in [6.07, 6.45) is -0.0452. The number of hydrogen-bond donors (Lipinski definition) is 0. The maximum absolute atomic E-state index is 6.07. The predicted octanol–water partition coefficient (Wildman–Crippen LogP) is 3.67. The Hall–Kier alpha value is -2.13. The number of benzene rings is 2. The topological polar surface area (TPSA) is 27.1 Å². The summed E-state index contributed by atoms with van der Waals surface area (Å²) in [6.45, 7) is 2.06. The molecule has 3 heteroatoms. The third kappa shape index (κ3) is 1.52. The third-order valence-electron chi connectivity index (χ3n) is 3.64. The van der Waals surface area contributed by atoms with E-state index in [-0.39, 0.29) is 12.3 Å². The fourth-order valence-corrected chi connectivity index (χ4v) is 2.76. The summed E-state index contributed by atoms with van der Waals surface area (Å²) in [5, 5.41) is 0. The molecule has 19 heavy (non-hydrogen) atoms. The van der Waals surface area contributed by atoms with Crippen LogP contribution >= 0.6 is 0 Å². The van der Waals surface area contributed by atoms with Crippen molar-refractivity contribution < 1.29 is 4.74 Å². The standard InChI is InChI=1S/C16H14N2O/c1-11-15-17-13-9-5-6-10-14(13)18(15)16(19-11)12-7-3-2-4-8-12/h2-11,16H,1H3. The van der Waals surface area contributed by atoms with E-state index in [1.165, 1.54) is 0 Å². The summed E-state index contributed by atoms with van der Waals surface area (Å²) in [5.74, 6) is 1.01. The largest absolute Gasteiger partial charge is 0.343 e. The number of aromatic nitrogens is 2. The maximum Gasteiger partial charge on any atom is 0.162 e. The quantitative estimate of drug-likeness (QED) is 0.658. The van der Waals surface area contributed by atoms with Crippen LogP contribution in [0.4, 0.5) is 0 Å². The molecule has 0 aliphatic carbocycles. The van der Waals surface area contributed by atoms with Gasteiger partial charge in [0.05, 0.1) is 11.0 Å². The van der Waals surface area contributed by atoms with E-state index in [0.717, 1.165) is 22.4 Å². The first-order chi connectivity index (χ1) is 9.34. The van der Waals surface area contributed by atoms with Gasteiger partial charge in [-0.05, 0) is 19.1 Å². The van der Waals surface area contributed by atoms with Crippen LogP contribution in [0.15, 0.2) is 54.6 Å². The average molecular weight is 250 g/mol. The molecule has 0 radical (unpaired) electrons. The van der Waals surface area contributed by atoms with Gasteiger partial charge in [0, 0.05) is 5.56 Å². The van der Waals surface area contributed by atoms with E-state index in [9.17, 15) is 0 Å². The molecule has 0 saturated heterocycles. The van der Waals surface area contributed by atoms with E-state index in [0.29, 0.717) is 0 Å². The predicted molar refractivity (Wildman–Crippen MR) is 73.8 cm³/mol. The lowest BCUT2D eigenvalue weighted by atomic mass is 10.2. The van der Waals surface area contributed by atoms with E-state index >= 15 is 0 Å². The van der Waals surface area contributed by atoms with Crippen molar-refractivity contribution in [2.24, 2.45) is 0 Å². The molecule has 0 amide bonds. The van der Waals surface area contributed by atoms with E-state index in [2.05, 4.69) is 40.7 Å². The first kappa shape index (κ1) is 10.8. The molecule has 3 aromatic rings. The number of fused-ring (bicyclic) bond motifs is 3. The fraction of sp³-hybridized carbons (Fsp3) is 0.188. The molecule has 0 N–H and O–H groups in total. The molecule has 3 nitrogen and oxygen atoms in total. The zero-order valence-electron chi connectivity index (χ0n) is 10.7. The van der Waals surface area contributed by atoms with Crippen molar-refractivity contribution in [3.8, 4) is 0 Å². The van der Waals surface area contributed by atoms with Gasteiger partial charge in [0.25, 0.3) is 0 Å². The molecule has 0 saturated carbocycles. The van der Waals surface area contributed by atoms with Crippen molar-refractivity contribution in [1.82, 2.24) is 9.55 Å². The van der Waals surface area contributed by atoms with E-state index in [1.807, 2.05) is 30.3 Å².